The van der Waals surface area contributed by atoms with Crippen LogP contribution in [0.3, 0.4) is 0 Å². The lowest BCUT2D eigenvalue weighted by Gasteiger charge is -2.31. The molecule has 0 aromatic heterocycles. The lowest BCUT2D eigenvalue weighted by molar-refractivity contribution is -0.135. The van der Waals surface area contributed by atoms with Gasteiger partial charge in [0.1, 0.15) is 0 Å². The van der Waals surface area contributed by atoms with Crippen LogP contribution in [0.15, 0.2) is 54.6 Å². The van der Waals surface area contributed by atoms with E-state index in [0.29, 0.717) is 26.1 Å². The molecular weight excluding hydrogens is 422 g/mol. The first kappa shape index (κ1) is 24.5. The van der Waals surface area contributed by atoms with Crippen LogP contribution in [0.4, 0.5) is 0 Å². The van der Waals surface area contributed by atoms with Gasteiger partial charge in [-0.2, -0.15) is 0 Å². The van der Waals surface area contributed by atoms with Gasteiger partial charge in [0.05, 0.1) is 0 Å². The smallest absolute Gasteiger partial charge is 0.223 e. The molecule has 2 aromatic rings. The molecule has 0 bridgehead atoms. The average molecular weight is 462 g/mol. The molecule has 5 heteroatoms. The molecule has 34 heavy (non-hydrogen) atoms. The molecule has 182 valence electrons. The normalized spacial score (nSPS) is 17.8. The second kappa shape index (κ2) is 12.7. The van der Waals surface area contributed by atoms with Crippen molar-refractivity contribution >= 4 is 11.8 Å². The molecule has 0 spiro atoms. The minimum Gasteiger partial charge on any atom is -0.352 e. The molecule has 4 rings (SSSR count). The van der Waals surface area contributed by atoms with E-state index in [1.807, 2.05) is 23.1 Å². The van der Waals surface area contributed by atoms with Crippen molar-refractivity contribution in [3.8, 4) is 0 Å². The van der Waals surface area contributed by atoms with Gasteiger partial charge in [0.2, 0.25) is 11.8 Å². The largest absolute Gasteiger partial charge is 0.352 e. The number of likely N-dealkylation sites (tertiary alicyclic amines) is 2. The second-order valence-electron chi connectivity index (χ2n) is 9.87. The third kappa shape index (κ3) is 7.42. The number of hydrogen-bond donors (Lipinski definition) is 1. The maximum Gasteiger partial charge on any atom is 0.223 e. The predicted octanol–water partition coefficient (Wildman–Crippen LogP) is 4.55. The Morgan fingerprint density at radius 1 is 0.794 bits per heavy atom. The molecule has 2 heterocycles. The molecule has 0 atom stereocenters. The van der Waals surface area contributed by atoms with Gasteiger partial charge in [-0.25, -0.2) is 0 Å². The van der Waals surface area contributed by atoms with E-state index in [9.17, 15) is 9.59 Å². The maximum absolute atomic E-state index is 12.8. The zero-order valence-corrected chi connectivity index (χ0v) is 20.4. The molecule has 0 radical (unpaired) electrons. The van der Waals surface area contributed by atoms with Gasteiger partial charge in [0.15, 0.2) is 0 Å². The highest BCUT2D eigenvalue weighted by Crippen LogP contribution is 2.19. The molecule has 2 aliphatic heterocycles. The van der Waals surface area contributed by atoms with E-state index in [4.69, 9.17) is 0 Å². The van der Waals surface area contributed by atoms with Gasteiger partial charge >= 0.3 is 0 Å². The van der Waals surface area contributed by atoms with Gasteiger partial charge in [-0.15, -0.1) is 0 Å². The van der Waals surface area contributed by atoms with Crippen molar-refractivity contribution in [1.82, 2.24) is 15.1 Å². The van der Waals surface area contributed by atoms with Gasteiger partial charge in [-0.05, 0) is 61.9 Å². The third-order valence-corrected chi connectivity index (χ3v) is 7.25. The summed E-state index contributed by atoms with van der Waals surface area (Å²) < 4.78 is 0. The Kier molecular flexibility index (Phi) is 9.14. The lowest BCUT2D eigenvalue weighted by atomic mass is 9.95. The van der Waals surface area contributed by atoms with E-state index in [0.717, 1.165) is 31.4 Å². The molecule has 2 aliphatic rings. The summed E-state index contributed by atoms with van der Waals surface area (Å²) in [5, 5.41) is 3.14. The summed E-state index contributed by atoms with van der Waals surface area (Å²) in [6.07, 6.45) is 8.11. The Morgan fingerprint density at radius 2 is 1.47 bits per heavy atom. The molecule has 0 aliphatic carbocycles. The molecular formula is C29H39N3O2. The van der Waals surface area contributed by atoms with E-state index < -0.39 is 0 Å². The summed E-state index contributed by atoms with van der Waals surface area (Å²) in [6, 6.07) is 18.8. The third-order valence-electron chi connectivity index (χ3n) is 7.25. The Morgan fingerprint density at radius 3 is 2.21 bits per heavy atom. The highest BCUT2D eigenvalue weighted by atomic mass is 16.2. The van der Waals surface area contributed by atoms with Crippen molar-refractivity contribution < 1.29 is 9.59 Å². The number of nitrogens with zero attached hydrogens (tertiary/aromatic N) is 2. The number of aryl methyl sites for hydroxylation is 1. The quantitative estimate of drug-likeness (QED) is 0.628. The number of carbonyl (C=O) groups is 2. The van der Waals surface area contributed by atoms with Gasteiger partial charge in [0, 0.05) is 38.5 Å². The molecule has 2 aromatic carbocycles. The Labute approximate surface area is 204 Å². The van der Waals surface area contributed by atoms with Crippen molar-refractivity contribution in [3.05, 3.63) is 71.3 Å². The number of rotatable bonds is 8. The van der Waals surface area contributed by atoms with Crippen LogP contribution in [0.25, 0.3) is 0 Å². The van der Waals surface area contributed by atoms with Crippen molar-refractivity contribution in [2.24, 2.45) is 5.92 Å². The van der Waals surface area contributed by atoms with Gasteiger partial charge in [-0.1, -0.05) is 67.4 Å². The fourth-order valence-corrected chi connectivity index (χ4v) is 5.17. The highest BCUT2D eigenvalue weighted by Gasteiger charge is 2.27. The first-order valence-electron chi connectivity index (χ1n) is 13.1. The van der Waals surface area contributed by atoms with E-state index in [2.05, 4.69) is 46.6 Å². The van der Waals surface area contributed by atoms with E-state index in [1.54, 1.807) is 0 Å². The highest BCUT2D eigenvalue weighted by molar-refractivity contribution is 5.80. The number of amides is 2. The Bertz CT molecular complexity index is 914. The number of nitrogens with one attached hydrogen (secondary N) is 1. The monoisotopic (exact) mass is 461 g/mol. The second-order valence-corrected chi connectivity index (χ2v) is 9.87. The first-order chi connectivity index (χ1) is 16.7. The van der Waals surface area contributed by atoms with Gasteiger partial charge < -0.3 is 10.2 Å². The molecule has 0 saturated carbocycles. The topological polar surface area (TPSA) is 52.7 Å². The fourth-order valence-electron chi connectivity index (χ4n) is 5.17. The van der Waals surface area contributed by atoms with E-state index >= 15 is 0 Å². The van der Waals surface area contributed by atoms with Crippen LogP contribution in [-0.2, 0) is 29.1 Å². The maximum atomic E-state index is 12.8. The zero-order chi connectivity index (χ0) is 23.6. The fraction of sp³-hybridized carbons (Fsp3) is 0.517. The molecule has 2 amide bonds. The van der Waals surface area contributed by atoms with Gasteiger partial charge in [0.25, 0.3) is 0 Å². The molecule has 1 N–H and O–H groups in total. The van der Waals surface area contributed by atoms with Gasteiger partial charge in [-0.3, -0.25) is 14.5 Å². The average Bonchev–Trinajstić information content (AvgIpc) is 3.15. The van der Waals surface area contributed by atoms with Crippen LogP contribution in [0.5, 0.6) is 0 Å². The van der Waals surface area contributed by atoms with Crippen LogP contribution >= 0.6 is 0 Å². The van der Waals surface area contributed by atoms with Crippen LogP contribution in [0, 0.1) is 5.92 Å². The number of benzene rings is 2. The van der Waals surface area contributed by atoms with Crippen molar-refractivity contribution in [3.63, 3.8) is 0 Å². The van der Waals surface area contributed by atoms with E-state index in [-0.39, 0.29) is 17.7 Å². The predicted molar refractivity (Wildman–Crippen MR) is 136 cm³/mol. The zero-order valence-electron chi connectivity index (χ0n) is 20.4. The van der Waals surface area contributed by atoms with Crippen LogP contribution in [0.2, 0.25) is 0 Å². The summed E-state index contributed by atoms with van der Waals surface area (Å²) in [4.78, 5) is 29.8. The molecule has 2 fully saturated rings. The lowest BCUT2D eigenvalue weighted by Crippen LogP contribution is -2.43. The number of hydrogen-bond acceptors (Lipinski definition) is 3. The summed E-state index contributed by atoms with van der Waals surface area (Å²) >= 11 is 0. The van der Waals surface area contributed by atoms with Crippen LogP contribution < -0.4 is 5.32 Å². The Balaban J connectivity index is 1.18. The van der Waals surface area contributed by atoms with Crippen LogP contribution in [0.1, 0.15) is 61.6 Å². The summed E-state index contributed by atoms with van der Waals surface area (Å²) in [7, 11) is 0. The minimum atomic E-state index is -0.00143. The minimum absolute atomic E-state index is 0.00143. The summed E-state index contributed by atoms with van der Waals surface area (Å²) in [5.41, 5.74) is 3.69. The van der Waals surface area contributed by atoms with E-state index in [1.165, 1.54) is 49.9 Å². The first-order valence-corrected chi connectivity index (χ1v) is 13.1. The molecule has 5 nitrogen and oxygen atoms in total. The summed E-state index contributed by atoms with van der Waals surface area (Å²) in [5.74, 6) is 0.316. The molecule has 0 unspecified atom stereocenters. The van der Waals surface area contributed by atoms with Crippen molar-refractivity contribution in [2.75, 3.05) is 26.2 Å². The standard InChI is InChI=1S/C29H39N3O2/c33-28(14-13-24-9-4-3-5-10-24)32-19-15-27(16-20-32)29(34)30-22-25-11-8-12-26(21-25)23-31-17-6-1-2-7-18-31/h3-5,8-12,21,27H,1-2,6-7,13-20,22-23H2,(H,30,34). The van der Waals surface area contributed by atoms with Crippen LogP contribution in [-0.4, -0.2) is 47.8 Å². The molecule has 2 saturated heterocycles. The van der Waals surface area contributed by atoms with Crippen molar-refractivity contribution in [2.45, 2.75) is 64.5 Å². The number of carbonyl (C=O) groups excluding carboxylic acids is 2. The van der Waals surface area contributed by atoms with Crippen molar-refractivity contribution in [1.29, 1.82) is 0 Å². The number of piperidine rings is 1. The Hall–Kier alpha value is -2.66. The SMILES string of the molecule is O=C(NCc1cccc(CN2CCCCCC2)c1)C1CCN(C(=O)CCc2ccccc2)CC1. The summed E-state index contributed by atoms with van der Waals surface area (Å²) in [6.45, 7) is 5.30.